The van der Waals surface area contributed by atoms with Crippen molar-refractivity contribution in [3.05, 3.63) is 77.0 Å². The van der Waals surface area contributed by atoms with Gasteiger partial charge in [-0.2, -0.15) is 0 Å². The molecule has 2 atom stereocenters. The minimum atomic E-state index is -4.05. The van der Waals surface area contributed by atoms with E-state index in [0.29, 0.717) is 34.2 Å². The van der Waals surface area contributed by atoms with Crippen LogP contribution in [0, 0.1) is 0 Å². The fourth-order valence-corrected chi connectivity index (χ4v) is 8.79. The summed E-state index contributed by atoms with van der Waals surface area (Å²) in [6.45, 7) is 2.57. The van der Waals surface area contributed by atoms with Crippen molar-refractivity contribution in [1.29, 1.82) is 0 Å². The molecule has 4 aromatic rings. The molecule has 4 heterocycles. The van der Waals surface area contributed by atoms with Crippen molar-refractivity contribution in [2.45, 2.75) is 42.5 Å². The van der Waals surface area contributed by atoms with E-state index in [4.69, 9.17) is 0 Å². The van der Waals surface area contributed by atoms with Crippen molar-refractivity contribution < 1.29 is 18.0 Å². The zero-order valence-corrected chi connectivity index (χ0v) is 23.9. The lowest BCUT2D eigenvalue weighted by Crippen LogP contribution is -2.42. The summed E-state index contributed by atoms with van der Waals surface area (Å²) in [7, 11) is -2.32. The maximum atomic E-state index is 14.0. The summed E-state index contributed by atoms with van der Waals surface area (Å²) < 4.78 is 29.6. The molecule has 2 amide bonds. The van der Waals surface area contributed by atoms with Crippen LogP contribution in [0.15, 0.2) is 76.4 Å². The molecular weight excluding hydrogens is 580 g/mol. The Hall–Kier alpha value is -3.50. The molecule has 2 aliphatic rings. The number of halogens is 1. The van der Waals surface area contributed by atoms with Crippen molar-refractivity contribution in [2.24, 2.45) is 0 Å². The average Bonchev–Trinajstić information content (AvgIpc) is 3.57. The molecule has 10 heteroatoms. The number of anilines is 1. The van der Waals surface area contributed by atoms with E-state index in [-0.39, 0.29) is 22.5 Å². The Kier molecular flexibility index (Phi) is 6.15. The van der Waals surface area contributed by atoms with E-state index in [9.17, 15) is 18.0 Å². The van der Waals surface area contributed by atoms with Gasteiger partial charge in [0.2, 0.25) is 12.3 Å². The predicted molar refractivity (Wildman–Crippen MR) is 153 cm³/mol. The highest BCUT2D eigenvalue weighted by atomic mass is 79.9. The molecule has 2 unspecified atom stereocenters. The number of likely N-dealkylation sites (N-methyl/N-ethyl adjacent to an activating group) is 1. The van der Waals surface area contributed by atoms with Crippen molar-refractivity contribution in [1.82, 2.24) is 13.9 Å². The lowest BCUT2D eigenvalue weighted by molar-refractivity contribution is -0.124. The third-order valence-corrected chi connectivity index (χ3v) is 10.8. The Bertz CT molecular complexity index is 1720. The highest BCUT2D eigenvalue weighted by Gasteiger charge is 2.51. The van der Waals surface area contributed by atoms with Crippen LogP contribution in [0.25, 0.3) is 22.2 Å². The molecule has 1 fully saturated rings. The summed E-state index contributed by atoms with van der Waals surface area (Å²) in [4.78, 5) is 33.9. The molecule has 0 saturated carbocycles. The molecule has 0 bridgehead atoms. The van der Waals surface area contributed by atoms with E-state index in [1.165, 1.54) is 3.97 Å². The third-order valence-electron chi connectivity index (χ3n) is 8.10. The summed E-state index contributed by atoms with van der Waals surface area (Å²) >= 11 is 3.64. The first kappa shape index (κ1) is 25.8. The molecule has 2 aromatic heterocycles. The van der Waals surface area contributed by atoms with Gasteiger partial charge in [-0.15, -0.1) is 0 Å². The molecule has 1 saturated heterocycles. The van der Waals surface area contributed by atoms with Crippen LogP contribution in [0.1, 0.15) is 31.7 Å². The Labute approximate surface area is 235 Å². The van der Waals surface area contributed by atoms with Gasteiger partial charge >= 0.3 is 0 Å². The van der Waals surface area contributed by atoms with Gasteiger partial charge in [0.1, 0.15) is 4.60 Å². The number of rotatable bonds is 6. The Morgan fingerprint density at radius 1 is 1.10 bits per heavy atom. The zero-order chi connectivity index (χ0) is 27.5. The van der Waals surface area contributed by atoms with E-state index in [1.807, 2.05) is 37.3 Å². The number of carbonyl (C=O) groups excluding carboxylic acids is 2. The van der Waals surface area contributed by atoms with E-state index in [1.54, 1.807) is 53.4 Å². The number of likely N-dealkylation sites (tertiary alicyclic amines) is 1. The molecule has 0 radical (unpaired) electrons. The lowest BCUT2D eigenvalue weighted by Gasteiger charge is -2.30. The third kappa shape index (κ3) is 3.76. The van der Waals surface area contributed by atoms with Gasteiger partial charge in [0, 0.05) is 36.1 Å². The largest absolute Gasteiger partial charge is 0.342 e. The Morgan fingerprint density at radius 3 is 2.44 bits per heavy atom. The van der Waals surface area contributed by atoms with Crippen LogP contribution in [-0.4, -0.2) is 54.2 Å². The predicted octanol–water partition coefficient (Wildman–Crippen LogP) is 4.95. The van der Waals surface area contributed by atoms with Gasteiger partial charge in [-0.05, 0) is 59.8 Å². The van der Waals surface area contributed by atoms with Gasteiger partial charge < -0.3 is 9.80 Å². The summed E-state index contributed by atoms with van der Waals surface area (Å²) in [6.07, 6.45) is 4.58. The molecule has 6 rings (SSSR count). The topological polar surface area (TPSA) is 92.6 Å². The maximum Gasteiger partial charge on any atom is 0.270 e. The minimum Gasteiger partial charge on any atom is -0.342 e. The second kappa shape index (κ2) is 9.31. The van der Waals surface area contributed by atoms with Gasteiger partial charge in [0.25, 0.3) is 10.0 Å². The van der Waals surface area contributed by atoms with Gasteiger partial charge in [0.15, 0.2) is 5.65 Å². The highest BCUT2D eigenvalue weighted by molar-refractivity contribution is 9.10. The van der Waals surface area contributed by atoms with Gasteiger partial charge in [0.05, 0.1) is 22.2 Å². The fraction of sp³-hybridized carbons (Fsp3) is 0.276. The molecule has 8 nitrogen and oxygen atoms in total. The first-order chi connectivity index (χ1) is 18.7. The van der Waals surface area contributed by atoms with E-state index >= 15 is 0 Å². The second-order valence-electron chi connectivity index (χ2n) is 10.4. The summed E-state index contributed by atoms with van der Waals surface area (Å²) in [5.41, 5.74) is 2.08. The number of hydrogen-bond donors (Lipinski definition) is 0. The SMILES string of the molecule is CN1C(=O)C(C)(CC2CCCN2C=O)c2c1cnc1c2c(-c2ccccc2)c(Br)n1S(=O)(=O)c1ccccc1. The number of pyridine rings is 1. The van der Waals surface area contributed by atoms with Crippen LogP contribution < -0.4 is 4.90 Å². The number of amides is 2. The monoisotopic (exact) mass is 606 g/mol. The van der Waals surface area contributed by atoms with Gasteiger partial charge in [-0.1, -0.05) is 48.5 Å². The van der Waals surface area contributed by atoms with Crippen LogP contribution in [0.2, 0.25) is 0 Å². The number of hydrogen-bond acceptors (Lipinski definition) is 5. The number of benzene rings is 2. The summed E-state index contributed by atoms with van der Waals surface area (Å²) in [6, 6.07) is 17.7. The summed E-state index contributed by atoms with van der Waals surface area (Å²) in [5, 5.41) is 0.612. The van der Waals surface area contributed by atoms with Crippen molar-refractivity contribution in [2.75, 3.05) is 18.5 Å². The van der Waals surface area contributed by atoms with Gasteiger partial charge in [-0.3, -0.25) is 9.59 Å². The molecule has 0 spiro atoms. The molecule has 0 N–H and O–H groups in total. The fourth-order valence-electron chi connectivity index (χ4n) is 6.24. The number of fused-ring (bicyclic) bond motifs is 3. The molecule has 2 aliphatic heterocycles. The van der Waals surface area contributed by atoms with Crippen molar-refractivity contribution in [3.63, 3.8) is 0 Å². The molecule has 2 aromatic carbocycles. The number of aromatic nitrogens is 2. The van der Waals surface area contributed by atoms with Crippen molar-refractivity contribution in [3.8, 4) is 11.1 Å². The van der Waals surface area contributed by atoms with Crippen LogP contribution in [0.4, 0.5) is 5.69 Å². The average molecular weight is 608 g/mol. The molecule has 0 aliphatic carbocycles. The zero-order valence-electron chi connectivity index (χ0n) is 21.5. The van der Waals surface area contributed by atoms with E-state index < -0.39 is 15.4 Å². The van der Waals surface area contributed by atoms with E-state index in [0.717, 1.165) is 30.4 Å². The molecular formula is C29H27BrN4O4S. The van der Waals surface area contributed by atoms with Crippen LogP contribution in [-0.2, 0) is 25.0 Å². The van der Waals surface area contributed by atoms with Crippen LogP contribution in [0.5, 0.6) is 0 Å². The normalized spacial score (nSPS) is 21.1. The first-order valence-corrected chi connectivity index (χ1v) is 15.0. The molecule has 200 valence electrons. The van der Waals surface area contributed by atoms with E-state index in [2.05, 4.69) is 20.9 Å². The minimum absolute atomic E-state index is 0.0854. The Morgan fingerprint density at radius 2 is 1.77 bits per heavy atom. The smallest absolute Gasteiger partial charge is 0.270 e. The summed E-state index contributed by atoms with van der Waals surface area (Å²) in [5.74, 6) is -0.0988. The first-order valence-electron chi connectivity index (χ1n) is 12.8. The maximum absolute atomic E-state index is 14.0. The molecule has 39 heavy (non-hydrogen) atoms. The lowest BCUT2D eigenvalue weighted by atomic mass is 9.76. The standard InChI is InChI=1S/C29H27BrN4O4S/c1-29(16-20-12-9-15-33(20)18-35)25-22(32(2)28(29)36)17-31-27-24(25)23(19-10-5-3-6-11-19)26(30)34(27)39(37,38)21-13-7-4-8-14-21/h3-8,10-11,13-14,17-18,20H,9,12,15-16H2,1-2H3. The quantitative estimate of drug-likeness (QED) is 0.290. The van der Waals surface area contributed by atoms with Gasteiger partial charge in [-0.25, -0.2) is 17.4 Å². The highest BCUT2D eigenvalue weighted by Crippen LogP contribution is 2.52. The number of nitrogens with zero attached hydrogens (tertiary/aromatic N) is 4. The van der Waals surface area contributed by atoms with Crippen LogP contribution in [0.3, 0.4) is 0 Å². The Balaban J connectivity index is 1.69. The van der Waals surface area contributed by atoms with Crippen molar-refractivity contribution >= 4 is 55.0 Å². The van der Waals surface area contributed by atoms with Crippen LogP contribution >= 0.6 is 15.9 Å². The second-order valence-corrected chi connectivity index (χ2v) is 12.9. The number of carbonyl (C=O) groups is 2.